The summed E-state index contributed by atoms with van der Waals surface area (Å²) in [4.78, 5) is 10.8. The summed E-state index contributed by atoms with van der Waals surface area (Å²) in [7, 11) is 1.42. The number of hydrogen-bond acceptors (Lipinski definition) is 4. The summed E-state index contributed by atoms with van der Waals surface area (Å²) in [6.45, 7) is 2.48. The second kappa shape index (κ2) is 6.49. The lowest BCUT2D eigenvalue weighted by atomic mass is 10.4. The van der Waals surface area contributed by atoms with Crippen LogP contribution in [0.3, 0.4) is 0 Å². The van der Waals surface area contributed by atoms with Crippen LogP contribution in [0, 0.1) is 0 Å². The highest BCUT2D eigenvalue weighted by molar-refractivity contribution is 7.81. The molecule has 0 fully saturated rings. The smallest absolute Gasteiger partial charge is 0.345 e. The van der Waals surface area contributed by atoms with E-state index in [4.69, 9.17) is 4.74 Å². The standard InChI is InChI=1S/C7H14O3S/c1-3-4-5-10-6(8)7(11)9-2/h7,11H,3-5H2,1-2H3. The summed E-state index contributed by atoms with van der Waals surface area (Å²) in [6, 6.07) is 0. The molecule has 0 aliphatic carbocycles. The minimum Gasteiger partial charge on any atom is -0.463 e. The lowest BCUT2D eigenvalue weighted by Crippen LogP contribution is -2.20. The quantitative estimate of drug-likeness (QED) is 0.298. The minimum atomic E-state index is -0.744. The van der Waals surface area contributed by atoms with Crippen LogP contribution < -0.4 is 0 Å². The van der Waals surface area contributed by atoms with Crippen LogP contribution in [-0.4, -0.2) is 25.1 Å². The number of esters is 1. The van der Waals surface area contributed by atoms with E-state index in [9.17, 15) is 4.79 Å². The number of ether oxygens (including phenoxy) is 2. The SMILES string of the molecule is CCCCOC(=O)C(S)OC. The molecule has 0 N–H and O–H groups in total. The van der Waals surface area contributed by atoms with Crippen LogP contribution in [0.15, 0.2) is 0 Å². The maximum Gasteiger partial charge on any atom is 0.345 e. The van der Waals surface area contributed by atoms with Gasteiger partial charge in [0.25, 0.3) is 0 Å². The molecule has 0 rings (SSSR count). The molecule has 0 aromatic carbocycles. The van der Waals surface area contributed by atoms with Gasteiger partial charge in [-0.15, -0.1) is 12.6 Å². The third-order valence-electron chi connectivity index (χ3n) is 1.17. The molecule has 0 saturated heterocycles. The van der Waals surface area contributed by atoms with Gasteiger partial charge in [0.2, 0.25) is 0 Å². The van der Waals surface area contributed by atoms with Gasteiger partial charge in [-0.05, 0) is 6.42 Å². The van der Waals surface area contributed by atoms with Crippen LogP contribution in [0.2, 0.25) is 0 Å². The van der Waals surface area contributed by atoms with E-state index in [1.165, 1.54) is 7.11 Å². The predicted octanol–water partition coefficient (Wildman–Crippen LogP) is 1.23. The van der Waals surface area contributed by atoms with Crippen molar-refractivity contribution in [2.45, 2.75) is 25.2 Å². The van der Waals surface area contributed by atoms with Crippen molar-refractivity contribution >= 4 is 18.6 Å². The van der Waals surface area contributed by atoms with E-state index < -0.39 is 11.4 Å². The third kappa shape index (κ3) is 5.09. The summed E-state index contributed by atoms with van der Waals surface area (Å²) in [5.41, 5.74) is -0.744. The zero-order valence-electron chi connectivity index (χ0n) is 6.87. The maximum atomic E-state index is 10.8. The molecule has 0 radical (unpaired) electrons. The minimum absolute atomic E-state index is 0.413. The van der Waals surface area contributed by atoms with Crippen molar-refractivity contribution in [3.05, 3.63) is 0 Å². The lowest BCUT2D eigenvalue weighted by Gasteiger charge is -2.07. The Morgan fingerprint density at radius 1 is 1.64 bits per heavy atom. The van der Waals surface area contributed by atoms with Crippen molar-refractivity contribution in [2.24, 2.45) is 0 Å². The first-order valence-electron chi connectivity index (χ1n) is 3.59. The predicted molar refractivity (Wildman–Crippen MR) is 45.7 cm³/mol. The van der Waals surface area contributed by atoms with E-state index in [1.54, 1.807) is 0 Å². The topological polar surface area (TPSA) is 35.5 Å². The van der Waals surface area contributed by atoms with Crippen LogP contribution in [0.1, 0.15) is 19.8 Å². The normalized spacial score (nSPS) is 12.6. The monoisotopic (exact) mass is 178 g/mol. The molecule has 66 valence electrons. The van der Waals surface area contributed by atoms with Gasteiger partial charge in [0.15, 0.2) is 5.44 Å². The Balaban J connectivity index is 3.36. The molecule has 0 aromatic heterocycles. The van der Waals surface area contributed by atoms with Crippen molar-refractivity contribution < 1.29 is 14.3 Å². The van der Waals surface area contributed by atoms with Crippen LogP contribution >= 0.6 is 12.6 Å². The molecule has 3 nitrogen and oxygen atoms in total. The highest BCUT2D eigenvalue weighted by Crippen LogP contribution is 1.99. The Labute approximate surface area is 72.5 Å². The molecule has 0 heterocycles. The summed E-state index contributed by atoms with van der Waals surface area (Å²) in [5, 5.41) is 0. The zero-order valence-corrected chi connectivity index (χ0v) is 7.77. The second-order valence-corrected chi connectivity index (χ2v) is 2.58. The van der Waals surface area contributed by atoms with E-state index in [1.807, 2.05) is 6.92 Å². The van der Waals surface area contributed by atoms with Gasteiger partial charge in [0, 0.05) is 7.11 Å². The average molecular weight is 178 g/mol. The first kappa shape index (κ1) is 10.8. The average Bonchev–Trinajstić information content (AvgIpc) is 2.03. The first-order chi connectivity index (χ1) is 5.22. The molecule has 0 amide bonds. The fourth-order valence-electron chi connectivity index (χ4n) is 0.485. The Bertz CT molecular complexity index is 116. The number of unbranched alkanes of at least 4 members (excludes halogenated alkanes) is 1. The van der Waals surface area contributed by atoms with Crippen LogP contribution in [0.25, 0.3) is 0 Å². The van der Waals surface area contributed by atoms with E-state index in [0.29, 0.717) is 6.61 Å². The highest BCUT2D eigenvalue weighted by Gasteiger charge is 2.12. The number of methoxy groups -OCH3 is 1. The number of carbonyl (C=O) groups is 1. The molecule has 0 aromatic rings. The summed E-state index contributed by atoms with van der Waals surface area (Å²) in [5.74, 6) is -0.413. The Kier molecular flexibility index (Phi) is 6.36. The summed E-state index contributed by atoms with van der Waals surface area (Å²) >= 11 is 3.83. The number of hydrogen-bond donors (Lipinski definition) is 1. The Hall–Kier alpha value is -0.220. The Morgan fingerprint density at radius 3 is 2.73 bits per heavy atom. The highest BCUT2D eigenvalue weighted by atomic mass is 32.1. The molecule has 0 aliphatic rings. The molecular weight excluding hydrogens is 164 g/mol. The van der Waals surface area contributed by atoms with Gasteiger partial charge >= 0.3 is 5.97 Å². The summed E-state index contributed by atoms with van der Waals surface area (Å²) < 4.78 is 9.43. The molecule has 1 atom stereocenters. The van der Waals surface area contributed by atoms with Crippen molar-refractivity contribution in [1.29, 1.82) is 0 Å². The molecular formula is C7H14O3S. The second-order valence-electron chi connectivity index (χ2n) is 2.11. The van der Waals surface area contributed by atoms with Gasteiger partial charge in [-0.3, -0.25) is 0 Å². The van der Waals surface area contributed by atoms with Crippen molar-refractivity contribution in [3.63, 3.8) is 0 Å². The molecule has 0 spiro atoms. The number of rotatable bonds is 5. The molecule has 11 heavy (non-hydrogen) atoms. The Morgan fingerprint density at radius 2 is 2.27 bits per heavy atom. The molecule has 0 saturated carbocycles. The van der Waals surface area contributed by atoms with Crippen LogP contribution in [0.5, 0.6) is 0 Å². The molecule has 1 unspecified atom stereocenters. The van der Waals surface area contributed by atoms with Crippen molar-refractivity contribution in [3.8, 4) is 0 Å². The van der Waals surface area contributed by atoms with Gasteiger partial charge in [-0.25, -0.2) is 4.79 Å². The largest absolute Gasteiger partial charge is 0.463 e. The fraction of sp³-hybridized carbons (Fsp3) is 0.857. The molecule has 0 aliphatic heterocycles. The zero-order chi connectivity index (χ0) is 8.69. The fourth-order valence-corrected chi connectivity index (χ4v) is 0.559. The van der Waals surface area contributed by atoms with E-state index >= 15 is 0 Å². The number of carbonyl (C=O) groups excluding carboxylic acids is 1. The summed E-state index contributed by atoms with van der Waals surface area (Å²) in [6.07, 6.45) is 1.90. The van der Waals surface area contributed by atoms with Gasteiger partial charge < -0.3 is 9.47 Å². The molecule has 4 heteroatoms. The lowest BCUT2D eigenvalue weighted by molar-refractivity contribution is -0.150. The van der Waals surface area contributed by atoms with Gasteiger partial charge in [0.1, 0.15) is 0 Å². The van der Waals surface area contributed by atoms with E-state index in [-0.39, 0.29) is 0 Å². The van der Waals surface area contributed by atoms with Gasteiger partial charge in [0.05, 0.1) is 6.61 Å². The van der Waals surface area contributed by atoms with Gasteiger partial charge in [-0.2, -0.15) is 0 Å². The van der Waals surface area contributed by atoms with Crippen LogP contribution in [-0.2, 0) is 14.3 Å². The third-order valence-corrected chi connectivity index (χ3v) is 1.59. The van der Waals surface area contributed by atoms with E-state index in [0.717, 1.165) is 12.8 Å². The van der Waals surface area contributed by atoms with Crippen LogP contribution in [0.4, 0.5) is 0 Å². The van der Waals surface area contributed by atoms with Gasteiger partial charge in [-0.1, -0.05) is 13.3 Å². The number of thiol groups is 1. The van der Waals surface area contributed by atoms with Crippen molar-refractivity contribution in [1.82, 2.24) is 0 Å². The first-order valence-corrected chi connectivity index (χ1v) is 4.11. The van der Waals surface area contributed by atoms with Crippen molar-refractivity contribution in [2.75, 3.05) is 13.7 Å². The van der Waals surface area contributed by atoms with E-state index in [2.05, 4.69) is 17.4 Å². The molecule has 0 bridgehead atoms. The maximum absolute atomic E-state index is 10.8.